The number of aromatic nitrogens is 1. The van der Waals surface area contributed by atoms with Gasteiger partial charge in [0.25, 0.3) is 5.91 Å². The molecule has 0 aliphatic heterocycles. The summed E-state index contributed by atoms with van der Waals surface area (Å²) in [7, 11) is 3.11. The number of methoxy groups -OCH3 is 2. The molecule has 3 aromatic rings. The van der Waals surface area contributed by atoms with E-state index in [1.165, 1.54) is 0 Å². The van der Waals surface area contributed by atoms with Crippen LogP contribution < -0.4 is 20.5 Å². The van der Waals surface area contributed by atoms with E-state index < -0.39 is 0 Å². The second kappa shape index (κ2) is 8.81. The van der Waals surface area contributed by atoms with E-state index in [-0.39, 0.29) is 5.91 Å². The fourth-order valence-electron chi connectivity index (χ4n) is 2.63. The van der Waals surface area contributed by atoms with E-state index in [0.29, 0.717) is 34.1 Å². The summed E-state index contributed by atoms with van der Waals surface area (Å²) in [5.41, 5.74) is 9.63. The van der Waals surface area contributed by atoms with Crippen molar-refractivity contribution >= 4 is 17.3 Å². The lowest BCUT2D eigenvalue weighted by molar-refractivity contribution is 0.102. The average molecular weight is 387 g/mol. The highest BCUT2D eigenvalue weighted by atomic mass is 16.5. The Kier molecular flexibility index (Phi) is 6.00. The average Bonchev–Trinajstić information content (AvgIpc) is 2.73. The summed E-state index contributed by atoms with van der Waals surface area (Å²) < 4.78 is 10.5. The van der Waals surface area contributed by atoms with Crippen LogP contribution in [-0.4, -0.2) is 25.1 Å². The van der Waals surface area contributed by atoms with Crippen molar-refractivity contribution < 1.29 is 14.3 Å². The molecule has 0 aliphatic rings. The molecular formula is C23H21N3O3. The lowest BCUT2D eigenvalue weighted by atomic mass is 10.0. The Morgan fingerprint density at radius 1 is 1.03 bits per heavy atom. The second-order valence-corrected chi connectivity index (χ2v) is 6.28. The van der Waals surface area contributed by atoms with Crippen LogP contribution in [0.25, 0.3) is 0 Å². The van der Waals surface area contributed by atoms with Crippen molar-refractivity contribution in [3.63, 3.8) is 0 Å². The van der Waals surface area contributed by atoms with Gasteiger partial charge in [-0.05, 0) is 42.7 Å². The highest BCUT2D eigenvalue weighted by molar-refractivity contribution is 6.04. The van der Waals surface area contributed by atoms with E-state index in [2.05, 4.69) is 22.1 Å². The third-order valence-corrected chi connectivity index (χ3v) is 4.26. The maximum absolute atomic E-state index is 12.7. The number of pyridine rings is 1. The number of nitrogen functional groups attached to an aromatic ring is 1. The number of hydrogen-bond donors (Lipinski definition) is 2. The molecule has 0 radical (unpaired) electrons. The second-order valence-electron chi connectivity index (χ2n) is 6.28. The number of aryl methyl sites for hydroxylation is 1. The number of carbonyl (C=O) groups excluding carboxylic acids is 1. The number of amides is 1. The van der Waals surface area contributed by atoms with Crippen molar-refractivity contribution in [3.05, 3.63) is 77.1 Å². The topological polar surface area (TPSA) is 86.5 Å². The molecule has 0 saturated carbocycles. The number of rotatable bonds is 4. The van der Waals surface area contributed by atoms with Crippen LogP contribution in [0.3, 0.4) is 0 Å². The number of carbonyl (C=O) groups is 1. The molecule has 1 aromatic heterocycles. The fourth-order valence-corrected chi connectivity index (χ4v) is 2.63. The van der Waals surface area contributed by atoms with Crippen LogP contribution >= 0.6 is 0 Å². The summed E-state index contributed by atoms with van der Waals surface area (Å²) in [4.78, 5) is 16.9. The monoisotopic (exact) mass is 387 g/mol. The first-order valence-corrected chi connectivity index (χ1v) is 8.87. The van der Waals surface area contributed by atoms with Gasteiger partial charge in [-0.15, -0.1) is 0 Å². The minimum absolute atomic E-state index is 0.263. The van der Waals surface area contributed by atoms with Crippen LogP contribution in [0.4, 0.5) is 11.4 Å². The lowest BCUT2D eigenvalue weighted by Crippen LogP contribution is -2.12. The van der Waals surface area contributed by atoms with Gasteiger partial charge in [0.1, 0.15) is 17.2 Å². The minimum Gasteiger partial charge on any atom is -0.497 e. The molecule has 1 amide bonds. The molecule has 0 fully saturated rings. The molecule has 0 aliphatic carbocycles. The van der Waals surface area contributed by atoms with Crippen molar-refractivity contribution in [2.24, 2.45) is 0 Å². The van der Waals surface area contributed by atoms with Gasteiger partial charge in [-0.25, -0.2) is 4.98 Å². The quantitative estimate of drug-likeness (QED) is 0.668. The first-order valence-electron chi connectivity index (χ1n) is 8.87. The maximum Gasteiger partial charge on any atom is 0.255 e. The molecule has 3 rings (SSSR count). The van der Waals surface area contributed by atoms with E-state index in [4.69, 9.17) is 15.2 Å². The van der Waals surface area contributed by atoms with Gasteiger partial charge >= 0.3 is 0 Å². The van der Waals surface area contributed by atoms with E-state index in [1.54, 1.807) is 62.9 Å². The summed E-state index contributed by atoms with van der Waals surface area (Å²) >= 11 is 0. The highest BCUT2D eigenvalue weighted by Gasteiger charge is 2.10. The highest BCUT2D eigenvalue weighted by Crippen LogP contribution is 2.26. The summed E-state index contributed by atoms with van der Waals surface area (Å²) in [5, 5.41) is 2.86. The van der Waals surface area contributed by atoms with Crippen molar-refractivity contribution in [2.75, 3.05) is 25.3 Å². The number of benzene rings is 2. The minimum atomic E-state index is -0.263. The van der Waals surface area contributed by atoms with E-state index >= 15 is 0 Å². The zero-order valence-electron chi connectivity index (χ0n) is 16.4. The van der Waals surface area contributed by atoms with Crippen LogP contribution in [0, 0.1) is 18.8 Å². The van der Waals surface area contributed by atoms with Crippen molar-refractivity contribution in [1.29, 1.82) is 0 Å². The Labute approximate surface area is 169 Å². The summed E-state index contributed by atoms with van der Waals surface area (Å²) in [6.45, 7) is 1.93. The molecule has 29 heavy (non-hydrogen) atoms. The molecule has 0 atom stereocenters. The summed E-state index contributed by atoms with van der Waals surface area (Å²) in [5.74, 6) is 6.93. The fraction of sp³-hybridized carbons (Fsp3) is 0.130. The zero-order valence-corrected chi connectivity index (χ0v) is 16.4. The van der Waals surface area contributed by atoms with Gasteiger partial charge in [0.2, 0.25) is 0 Å². The number of anilines is 2. The Balaban J connectivity index is 1.86. The Bertz CT molecular complexity index is 1090. The standard InChI is InChI=1S/C23H21N3O3/c1-15-6-7-17(11-16(15)8-9-22-21(24)5-4-10-25-22)23(27)26-18-12-19(28-2)14-20(13-18)29-3/h4-7,10-14H,24H2,1-3H3,(H,26,27). The SMILES string of the molecule is COc1cc(NC(=O)c2ccc(C)c(C#Cc3ncccc3N)c2)cc(OC)c1. The van der Waals surface area contributed by atoms with Crippen LogP contribution in [0.2, 0.25) is 0 Å². The predicted octanol–water partition coefficient (Wildman–Crippen LogP) is 3.64. The van der Waals surface area contributed by atoms with Crippen molar-refractivity contribution in [2.45, 2.75) is 6.92 Å². The third-order valence-electron chi connectivity index (χ3n) is 4.26. The number of nitrogens with one attached hydrogen (secondary N) is 1. The first-order chi connectivity index (χ1) is 14.0. The molecule has 0 saturated heterocycles. The number of ether oxygens (including phenoxy) is 2. The molecule has 146 valence electrons. The Hall–Kier alpha value is -3.98. The van der Waals surface area contributed by atoms with Crippen LogP contribution in [0.5, 0.6) is 11.5 Å². The molecule has 0 unspecified atom stereocenters. The van der Waals surface area contributed by atoms with Gasteiger partial charge in [0, 0.05) is 41.2 Å². The number of nitrogens with two attached hydrogens (primary N) is 1. The van der Waals surface area contributed by atoms with Crippen molar-refractivity contribution in [3.8, 4) is 23.3 Å². The molecule has 2 aromatic carbocycles. The van der Waals surface area contributed by atoms with Crippen LogP contribution in [0.1, 0.15) is 27.2 Å². The zero-order chi connectivity index (χ0) is 20.8. The molecule has 0 bridgehead atoms. The number of hydrogen-bond acceptors (Lipinski definition) is 5. The number of nitrogens with zero attached hydrogens (tertiary/aromatic N) is 1. The Morgan fingerprint density at radius 2 is 1.76 bits per heavy atom. The molecule has 3 N–H and O–H groups in total. The summed E-state index contributed by atoms with van der Waals surface area (Å²) in [6, 6.07) is 14.0. The molecule has 0 spiro atoms. The van der Waals surface area contributed by atoms with Gasteiger partial charge in [-0.1, -0.05) is 12.0 Å². The van der Waals surface area contributed by atoms with Gasteiger partial charge < -0.3 is 20.5 Å². The van der Waals surface area contributed by atoms with Crippen LogP contribution in [-0.2, 0) is 0 Å². The lowest BCUT2D eigenvalue weighted by Gasteiger charge is -2.10. The van der Waals surface area contributed by atoms with E-state index in [1.807, 2.05) is 13.0 Å². The molecular weight excluding hydrogens is 366 g/mol. The first kappa shape index (κ1) is 19.8. The van der Waals surface area contributed by atoms with Gasteiger partial charge in [-0.3, -0.25) is 4.79 Å². The normalized spacial score (nSPS) is 9.90. The maximum atomic E-state index is 12.7. The van der Waals surface area contributed by atoms with Crippen molar-refractivity contribution in [1.82, 2.24) is 4.98 Å². The van der Waals surface area contributed by atoms with Gasteiger partial charge in [0.15, 0.2) is 0 Å². The Morgan fingerprint density at radius 3 is 2.41 bits per heavy atom. The van der Waals surface area contributed by atoms with Gasteiger partial charge in [0.05, 0.1) is 19.9 Å². The largest absolute Gasteiger partial charge is 0.497 e. The molecule has 6 heteroatoms. The predicted molar refractivity (Wildman–Crippen MR) is 113 cm³/mol. The smallest absolute Gasteiger partial charge is 0.255 e. The summed E-state index contributed by atoms with van der Waals surface area (Å²) in [6.07, 6.45) is 1.64. The van der Waals surface area contributed by atoms with Crippen LogP contribution in [0.15, 0.2) is 54.7 Å². The third kappa shape index (κ3) is 4.85. The van der Waals surface area contributed by atoms with E-state index in [9.17, 15) is 4.79 Å². The molecule has 1 heterocycles. The van der Waals surface area contributed by atoms with E-state index in [0.717, 1.165) is 11.1 Å². The molecule has 6 nitrogen and oxygen atoms in total. The van der Waals surface area contributed by atoms with Gasteiger partial charge in [-0.2, -0.15) is 0 Å².